The molecule has 0 radical (unpaired) electrons. The third-order valence-electron chi connectivity index (χ3n) is 4.85. The van der Waals surface area contributed by atoms with E-state index in [2.05, 4.69) is 42.1 Å². The molecule has 0 amide bonds. The monoisotopic (exact) mass is 245 g/mol. The summed E-state index contributed by atoms with van der Waals surface area (Å²) in [5.41, 5.74) is 10.6. The number of benzene rings is 1. The van der Waals surface area contributed by atoms with Gasteiger partial charge < -0.3 is 15.5 Å². The van der Waals surface area contributed by atoms with Gasteiger partial charge in [0.2, 0.25) is 0 Å². The van der Waals surface area contributed by atoms with Crippen LogP contribution in [-0.2, 0) is 5.41 Å². The highest BCUT2D eigenvalue weighted by Crippen LogP contribution is 2.49. The van der Waals surface area contributed by atoms with Crippen LogP contribution in [0.5, 0.6) is 0 Å². The summed E-state index contributed by atoms with van der Waals surface area (Å²) >= 11 is 0. The van der Waals surface area contributed by atoms with Crippen LogP contribution < -0.4 is 15.5 Å². The molecule has 1 saturated carbocycles. The molecule has 98 valence electrons. The van der Waals surface area contributed by atoms with Gasteiger partial charge in [-0.25, -0.2) is 0 Å². The van der Waals surface area contributed by atoms with Crippen molar-refractivity contribution in [2.24, 2.45) is 5.73 Å². The molecule has 1 heterocycles. The standard InChI is InChI=1S/C15H23N3/c1-17-9-10-18(2)14-12(5-3-6-13(14)17)15(11-16)7-4-8-15/h3,5-6H,4,7-11,16H2,1-2H3. The second kappa shape index (κ2) is 4.16. The van der Waals surface area contributed by atoms with Crippen molar-refractivity contribution in [1.29, 1.82) is 0 Å². The zero-order valence-corrected chi connectivity index (χ0v) is 11.4. The summed E-state index contributed by atoms with van der Waals surface area (Å²) < 4.78 is 0. The maximum absolute atomic E-state index is 6.08. The summed E-state index contributed by atoms with van der Waals surface area (Å²) in [5.74, 6) is 0. The van der Waals surface area contributed by atoms with Gasteiger partial charge in [0.15, 0.2) is 0 Å². The topological polar surface area (TPSA) is 32.5 Å². The van der Waals surface area contributed by atoms with Crippen LogP contribution in [0.15, 0.2) is 18.2 Å². The Kier molecular flexibility index (Phi) is 2.74. The number of fused-ring (bicyclic) bond motifs is 1. The third-order valence-corrected chi connectivity index (χ3v) is 4.85. The Balaban J connectivity index is 2.13. The maximum atomic E-state index is 6.08. The molecule has 0 atom stereocenters. The molecule has 0 bridgehead atoms. The predicted molar refractivity (Wildman–Crippen MR) is 77.6 cm³/mol. The van der Waals surface area contributed by atoms with E-state index in [1.54, 1.807) is 0 Å². The number of nitrogens with two attached hydrogens (primary N) is 1. The molecule has 1 aromatic carbocycles. The first-order valence-corrected chi connectivity index (χ1v) is 6.94. The Morgan fingerprint density at radius 2 is 1.89 bits per heavy atom. The van der Waals surface area contributed by atoms with E-state index in [-0.39, 0.29) is 5.41 Å². The minimum Gasteiger partial charge on any atom is -0.371 e. The fourth-order valence-corrected chi connectivity index (χ4v) is 3.39. The fraction of sp³-hybridized carbons (Fsp3) is 0.600. The molecule has 0 unspecified atom stereocenters. The van der Waals surface area contributed by atoms with Crippen molar-refractivity contribution in [3.63, 3.8) is 0 Å². The summed E-state index contributed by atoms with van der Waals surface area (Å²) in [5, 5.41) is 0. The fourth-order valence-electron chi connectivity index (χ4n) is 3.39. The Labute approximate surface area is 110 Å². The molecular weight excluding hydrogens is 222 g/mol. The van der Waals surface area contributed by atoms with E-state index in [0.29, 0.717) is 0 Å². The van der Waals surface area contributed by atoms with Crippen molar-refractivity contribution in [2.45, 2.75) is 24.7 Å². The highest BCUT2D eigenvalue weighted by atomic mass is 15.2. The average molecular weight is 245 g/mol. The minimum atomic E-state index is 0.248. The smallest absolute Gasteiger partial charge is 0.0640 e. The van der Waals surface area contributed by atoms with Gasteiger partial charge in [0, 0.05) is 39.1 Å². The number of rotatable bonds is 2. The van der Waals surface area contributed by atoms with E-state index in [9.17, 15) is 0 Å². The molecule has 1 aromatic rings. The summed E-state index contributed by atoms with van der Waals surface area (Å²) in [6.45, 7) is 2.98. The molecule has 18 heavy (non-hydrogen) atoms. The van der Waals surface area contributed by atoms with Crippen LogP contribution in [-0.4, -0.2) is 33.7 Å². The summed E-state index contributed by atoms with van der Waals surface area (Å²) in [6.07, 6.45) is 3.81. The molecule has 2 aliphatic rings. The lowest BCUT2D eigenvalue weighted by molar-refractivity contribution is 0.253. The van der Waals surface area contributed by atoms with Gasteiger partial charge in [-0.15, -0.1) is 0 Å². The van der Waals surface area contributed by atoms with Crippen LogP contribution in [0.2, 0.25) is 0 Å². The molecule has 0 aromatic heterocycles. The molecule has 1 aliphatic carbocycles. The largest absolute Gasteiger partial charge is 0.371 e. The zero-order valence-electron chi connectivity index (χ0n) is 11.4. The molecule has 3 rings (SSSR count). The van der Waals surface area contributed by atoms with Crippen LogP contribution in [0.25, 0.3) is 0 Å². The van der Waals surface area contributed by atoms with Gasteiger partial charge in [0.25, 0.3) is 0 Å². The van der Waals surface area contributed by atoms with Crippen LogP contribution in [0.3, 0.4) is 0 Å². The maximum Gasteiger partial charge on any atom is 0.0640 e. The molecular formula is C15H23N3. The highest BCUT2D eigenvalue weighted by Gasteiger charge is 2.40. The van der Waals surface area contributed by atoms with Gasteiger partial charge in [-0.3, -0.25) is 0 Å². The number of anilines is 2. The third kappa shape index (κ3) is 1.53. The first kappa shape index (κ1) is 11.8. The van der Waals surface area contributed by atoms with Crippen molar-refractivity contribution in [3.8, 4) is 0 Å². The van der Waals surface area contributed by atoms with E-state index in [1.807, 2.05) is 0 Å². The molecule has 0 spiro atoms. The van der Waals surface area contributed by atoms with Crippen LogP contribution in [0, 0.1) is 0 Å². The number of hydrogen-bond donors (Lipinski definition) is 1. The van der Waals surface area contributed by atoms with E-state index >= 15 is 0 Å². The van der Waals surface area contributed by atoms with E-state index in [4.69, 9.17) is 5.73 Å². The zero-order chi connectivity index (χ0) is 12.8. The first-order chi connectivity index (χ1) is 8.68. The lowest BCUT2D eigenvalue weighted by Gasteiger charge is -2.46. The van der Waals surface area contributed by atoms with Gasteiger partial charge in [-0.05, 0) is 24.5 Å². The number of nitrogens with zero attached hydrogens (tertiary/aromatic N) is 2. The molecule has 3 nitrogen and oxygen atoms in total. The van der Waals surface area contributed by atoms with Crippen molar-refractivity contribution in [1.82, 2.24) is 0 Å². The van der Waals surface area contributed by atoms with Gasteiger partial charge in [0.1, 0.15) is 0 Å². The Bertz CT molecular complexity index is 446. The number of hydrogen-bond acceptors (Lipinski definition) is 3. The summed E-state index contributed by atoms with van der Waals surface area (Å²) in [7, 11) is 4.39. The lowest BCUT2D eigenvalue weighted by atomic mass is 9.63. The van der Waals surface area contributed by atoms with E-state index in [1.165, 1.54) is 36.2 Å². The summed E-state index contributed by atoms with van der Waals surface area (Å²) in [4.78, 5) is 4.77. The Morgan fingerprint density at radius 1 is 1.17 bits per heavy atom. The Hall–Kier alpha value is -1.22. The van der Waals surface area contributed by atoms with E-state index < -0.39 is 0 Å². The van der Waals surface area contributed by atoms with Crippen LogP contribution >= 0.6 is 0 Å². The first-order valence-electron chi connectivity index (χ1n) is 6.94. The van der Waals surface area contributed by atoms with Crippen molar-refractivity contribution in [2.75, 3.05) is 43.5 Å². The predicted octanol–water partition coefficient (Wildman–Crippen LogP) is 1.95. The van der Waals surface area contributed by atoms with Gasteiger partial charge >= 0.3 is 0 Å². The van der Waals surface area contributed by atoms with Crippen LogP contribution in [0.4, 0.5) is 11.4 Å². The van der Waals surface area contributed by atoms with Gasteiger partial charge in [-0.1, -0.05) is 18.6 Å². The molecule has 3 heteroatoms. The Morgan fingerprint density at radius 3 is 2.50 bits per heavy atom. The number of likely N-dealkylation sites (N-methyl/N-ethyl adjacent to an activating group) is 2. The van der Waals surface area contributed by atoms with Crippen molar-refractivity contribution in [3.05, 3.63) is 23.8 Å². The molecule has 1 fully saturated rings. The van der Waals surface area contributed by atoms with Gasteiger partial charge in [0.05, 0.1) is 11.4 Å². The second-order valence-electron chi connectivity index (χ2n) is 5.85. The quantitative estimate of drug-likeness (QED) is 0.864. The SMILES string of the molecule is CN1CCN(C)c2c1cccc2C1(CN)CCC1. The molecule has 2 N–H and O–H groups in total. The molecule has 0 saturated heterocycles. The summed E-state index contributed by atoms with van der Waals surface area (Å²) in [6, 6.07) is 6.72. The normalized spacial score (nSPS) is 21.5. The molecule has 1 aliphatic heterocycles. The number of para-hydroxylation sites is 1. The highest BCUT2D eigenvalue weighted by molar-refractivity contribution is 5.77. The second-order valence-corrected chi connectivity index (χ2v) is 5.85. The van der Waals surface area contributed by atoms with E-state index in [0.717, 1.165) is 19.6 Å². The van der Waals surface area contributed by atoms with Crippen molar-refractivity contribution < 1.29 is 0 Å². The lowest BCUT2D eigenvalue weighted by Crippen LogP contribution is -2.45. The van der Waals surface area contributed by atoms with Gasteiger partial charge in [-0.2, -0.15) is 0 Å². The average Bonchev–Trinajstić information content (AvgIpc) is 2.33. The minimum absolute atomic E-state index is 0.248. The van der Waals surface area contributed by atoms with Crippen LogP contribution in [0.1, 0.15) is 24.8 Å². The van der Waals surface area contributed by atoms with Crippen molar-refractivity contribution >= 4 is 11.4 Å².